The maximum absolute atomic E-state index is 9.74. The van der Waals surface area contributed by atoms with Gasteiger partial charge in [0.15, 0.2) is 0 Å². The van der Waals surface area contributed by atoms with E-state index >= 15 is 0 Å². The molecule has 5 rings (SSSR count). The first-order valence-corrected chi connectivity index (χ1v) is 10.6. The average Bonchev–Trinajstić information content (AvgIpc) is 2.85. The zero-order valence-corrected chi connectivity index (χ0v) is 17.5. The van der Waals surface area contributed by atoms with Crippen molar-refractivity contribution in [1.29, 1.82) is 0 Å². The van der Waals surface area contributed by atoms with Crippen LogP contribution in [0.5, 0.6) is 0 Å². The van der Waals surface area contributed by atoms with Crippen LogP contribution in [0.25, 0.3) is 21.9 Å². The summed E-state index contributed by atoms with van der Waals surface area (Å²) in [6, 6.07) is 40.7. The minimum absolute atomic E-state index is 0.495. The van der Waals surface area contributed by atoms with Gasteiger partial charge in [-0.3, -0.25) is 0 Å². The van der Waals surface area contributed by atoms with Crippen molar-refractivity contribution in [2.45, 2.75) is 0 Å². The quantitative estimate of drug-likeness (QED) is 0.364. The third-order valence-electron chi connectivity index (χ3n) is 5.68. The monoisotopic (exact) mass is 415 g/mol. The third kappa shape index (κ3) is 3.90. The van der Waals surface area contributed by atoms with Crippen molar-refractivity contribution in [3.05, 3.63) is 121 Å². The molecule has 4 heteroatoms. The maximum Gasteiger partial charge on any atom is 0.489 e. The Labute approximate surface area is 188 Å². The van der Waals surface area contributed by atoms with E-state index in [2.05, 4.69) is 71.6 Å². The zero-order valence-electron chi connectivity index (χ0n) is 17.5. The fourth-order valence-corrected chi connectivity index (χ4v) is 4.12. The molecule has 0 saturated carbocycles. The van der Waals surface area contributed by atoms with Crippen molar-refractivity contribution < 1.29 is 10.0 Å². The van der Waals surface area contributed by atoms with Crippen molar-refractivity contribution in [2.75, 3.05) is 4.90 Å². The van der Waals surface area contributed by atoms with Crippen molar-refractivity contribution in [1.82, 2.24) is 0 Å². The molecule has 32 heavy (non-hydrogen) atoms. The molecule has 3 nitrogen and oxygen atoms in total. The number of hydrogen-bond acceptors (Lipinski definition) is 3. The molecular weight excluding hydrogens is 393 g/mol. The Bertz CT molecular complexity index is 1350. The van der Waals surface area contributed by atoms with Crippen LogP contribution in [0.4, 0.5) is 17.1 Å². The Morgan fingerprint density at radius 2 is 1.09 bits per heavy atom. The summed E-state index contributed by atoms with van der Waals surface area (Å²) in [6.45, 7) is 0. The van der Waals surface area contributed by atoms with Crippen molar-refractivity contribution in [2.24, 2.45) is 0 Å². The first kappa shape index (κ1) is 20.1. The second kappa shape index (κ2) is 8.71. The van der Waals surface area contributed by atoms with Gasteiger partial charge in [-0.25, -0.2) is 0 Å². The van der Waals surface area contributed by atoms with Crippen LogP contribution in [0, 0.1) is 0 Å². The van der Waals surface area contributed by atoms with Gasteiger partial charge in [-0.1, -0.05) is 84.9 Å². The maximum atomic E-state index is 9.74. The summed E-state index contributed by atoms with van der Waals surface area (Å²) in [5, 5.41) is 21.9. The fourth-order valence-electron chi connectivity index (χ4n) is 4.12. The van der Waals surface area contributed by atoms with E-state index in [1.807, 2.05) is 48.5 Å². The number of rotatable bonds is 5. The molecule has 0 bridgehead atoms. The molecule has 0 aromatic heterocycles. The second-order valence-electron chi connectivity index (χ2n) is 7.71. The molecule has 0 fully saturated rings. The normalized spacial score (nSPS) is 10.8. The molecule has 0 aliphatic heterocycles. The Morgan fingerprint density at radius 3 is 1.84 bits per heavy atom. The molecule has 0 saturated heterocycles. The minimum atomic E-state index is -1.51. The first-order valence-electron chi connectivity index (χ1n) is 10.6. The molecule has 2 N–H and O–H groups in total. The summed E-state index contributed by atoms with van der Waals surface area (Å²) >= 11 is 0. The predicted molar refractivity (Wildman–Crippen MR) is 134 cm³/mol. The van der Waals surface area contributed by atoms with Gasteiger partial charge in [0.1, 0.15) is 0 Å². The van der Waals surface area contributed by atoms with Gasteiger partial charge in [-0.05, 0) is 63.8 Å². The van der Waals surface area contributed by atoms with Crippen LogP contribution in [0.2, 0.25) is 0 Å². The summed E-state index contributed by atoms with van der Waals surface area (Å²) in [7, 11) is -1.51. The smallest absolute Gasteiger partial charge is 0.423 e. The van der Waals surface area contributed by atoms with Crippen molar-refractivity contribution in [3.63, 3.8) is 0 Å². The molecule has 154 valence electrons. The van der Waals surface area contributed by atoms with Crippen LogP contribution < -0.4 is 10.4 Å². The number of para-hydroxylation sites is 1. The second-order valence-corrected chi connectivity index (χ2v) is 7.71. The Morgan fingerprint density at radius 1 is 0.500 bits per heavy atom. The van der Waals surface area contributed by atoms with Gasteiger partial charge in [0.25, 0.3) is 0 Å². The van der Waals surface area contributed by atoms with E-state index in [4.69, 9.17) is 0 Å². The van der Waals surface area contributed by atoms with Crippen LogP contribution in [0.3, 0.4) is 0 Å². The predicted octanol–water partition coefficient (Wildman–Crippen LogP) is 5.66. The SMILES string of the molecule is OB(O)c1ccccc1-c1ccc(N(c2ccccc2)c2ccc3ccccc3c2)cc1. The Balaban J connectivity index is 1.60. The van der Waals surface area contributed by atoms with E-state index in [0.717, 1.165) is 28.2 Å². The van der Waals surface area contributed by atoms with E-state index in [1.165, 1.54) is 10.8 Å². The van der Waals surface area contributed by atoms with Crippen LogP contribution in [0.1, 0.15) is 0 Å². The van der Waals surface area contributed by atoms with Gasteiger partial charge >= 0.3 is 7.12 Å². The summed E-state index contributed by atoms with van der Waals surface area (Å²) in [5.74, 6) is 0. The van der Waals surface area contributed by atoms with Gasteiger partial charge in [0, 0.05) is 17.1 Å². The van der Waals surface area contributed by atoms with Crippen molar-refractivity contribution >= 4 is 40.4 Å². The highest BCUT2D eigenvalue weighted by atomic mass is 16.4. The van der Waals surface area contributed by atoms with Gasteiger partial charge in [0.05, 0.1) is 0 Å². The molecule has 0 heterocycles. The molecule has 0 spiro atoms. The standard InChI is InChI=1S/C28H22BNO2/c31-29(32)28-13-7-6-12-27(28)22-15-17-25(18-16-22)30(24-10-2-1-3-11-24)26-19-14-21-8-4-5-9-23(21)20-26/h1-20,31-32H. The lowest BCUT2D eigenvalue weighted by atomic mass is 9.75. The molecular formula is C28H22BNO2. The van der Waals surface area contributed by atoms with Crippen molar-refractivity contribution in [3.8, 4) is 11.1 Å². The van der Waals surface area contributed by atoms with Crippen LogP contribution >= 0.6 is 0 Å². The van der Waals surface area contributed by atoms with Crippen LogP contribution in [0.15, 0.2) is 121 Å². The average molecular weight is 415 g/mol. The van der Waals surface area contributed by atoms with E-state index in [-0.39, 0.29) is 0 Å². The number of anilines is 3. The highest BCUT2D eigenvalue weighted by molar-refractivity contribution is 6.60. The van der Waals surface area contributed by atoms with Gasteiger partial charge in [-0.2, -0.15) is 0 Å². The van der Waals surface area contributed by atoms with Crippen LogP contribution in [-0.4, -0.2) is 17.2 Å². The van der Waals surface area contributed by atoms with E-state index < -0.39 is 7.12 Å². The molecule has 0 radical (unpaired) electrons. The van der Waals surface area contributed by atoms with E-state index in [9.17, 15) is 10.0 Å². The largest absolute Gasteiger partial charge is 0.489 e. The molecule has 0 aliphatic carbocycles. The molecule has 0 unspecified atom stereocenters. The van der Waals surface area contributed by atoms with Crippen LogP contribution in [-0.2, 0) is 0 Å². The summed E-state index contributed by atoms with van der Waals surface area (Å²) < 4.78 is 0. The molecule has 0 amide bonds. The van der Waals surface area contributed by atoms with E-state index in [1.54, 1.807) is 6.07 Å². The number of nitrogens with zero attached hydrogens (tertiary/aromatic N) is 1. The first-order chi connectivity index (χ1) is 15.7. The van der Waals surface area contributed by atoms with Gasteiger partial charge < -0.3 is 14.9 Å². The highest BCUT2D eigenvalue weighted by Crippen LogP contribution is 2.36. The van der Waals surface area contributed by atoms with Gasteiger partial charge in [-0.15, -0.1) is 0 Å². The van der Waals surface area contributed by atoms with Gasteiger partial charge in [0.2, 0.25) is 0 Å². The number of hydrogen-bond donors (Lipinski definition) is 2. The Hall–Kier alpha value is -3.86. The number of benzene rings is 5. The highest BCUT2D eigenvalue weighted by Gasteiger charge is 2.17. The summed E-state index contributed by atoms with van der Waals surface area (Å²) in [5.41, 5.74) is 5.41. The lowest BCUT2D eigenvalue weighted by Crippen LogP contribution is -2.31. The zero-order chi connectivity index (χ0) is 21.9. The van der Waals surface area contributed by atoms with E-state index in [0.29, 0.717) is 5.46 Å². The lowest BCUT2D eigenvalue weighted by molar-refractivity contribution is 0.426. The Kier molecular flexibility index (Phi) is 5.47. The fraction of sp³-hybridized carbons (Fsp3) is 0. The molecule has 5 aromatic carbocycles. The summed E-state index contributed by atoms with van der Waals surface area (Å²) in [6.07, 6.45) is 0. The molecule has 0 atom stereocenters. The third-order valence-corrected chi connectivity index (χ3v) is 5.68. The topological polar surface area (TPSA) is 43.7 Å². The lowest BCUT2D eigenvalue weighted by Gasteiger charge is -2.26. The number of fused-ring (bicyclic) bond motifs is 1. The minimum Gasteiger partial charge on any atom is -0.423 e. The summed E-state index contributed by atoms with van der Waals surface area (Å²) in [4.78, 5) is 2.23. The molecule has 5 aromatic rings. The molecule has 0 aliphatic rings.